The van der Waals surface area contributed by atoms with Crippen molar-refractivity contribution in [2.24, 2.45) is 11.7 Å². The van der Waals surface area contributed by atoms with Gasteiger partial charge in [0.15, 0.2) is 0 Å². The molecule has 3 unspecified atom stereocenters. The molecule has 1 saturated carbocycles. The van der Waals surface area contributed by atoms with E-state index in [1.165, 1.54) is 25.7 Å². The summed E-state index contributed by atoms with van der Waals surface area (Å²) in [6.45, 7) is 6.85. The minimum absolute atomic E-state index is 0.0411. The van der Waals surface area contributed by atoms with Crippen LogP contribution >= 0.6 is 0 Å². The lowest BCUT2D eigenvalue weighted by Crippen LogP contribution is -2.54. The molecule has 0 saturated heterocycles. The Morgan fingerprint density at radius 3 is 2.44 bits per heavy atom. The maximum Gasteiger partial charge on any atom is 0.0526 e. The molecule has 96 valence electrons. The van der Waals surface area contributed by atoms with Crippen molar-refractivity contribution in [3.05, 3.63) is 0 Å². The van der Waals surface area contributed by atoms with Crippen LogP contribution < -0.4 is 11.1 Å². The van der Waals surface area contributed by atoms with Gasteiger partial charge in [-0.05, 0) is 39.5 Å². The molecule has 16 heavy (non-hydrogen) atoms. The van der Waals surface area contributed by atoms with Crippen molar-refractivity contribution in [3.8, 4) is 0 Å². The Morgan fingerprint density at radius 1 is 1.44 bits per heavy atom. The Balaban J connectivity index is 2.37. The number of hydrogen-bond acceptors (Lipinski definition) is 3. The second kappa shape index (κ2) is 5.99. The lowest BCUT2D eigenvalue weighted by atomic mass is 9.76. The third-order valence-electron chi connectivity index (χ3n) is 3.70. The second-order valence-electron chi connectivity index (χ2n) is 5.90. The van der Waals surface area contributed by atoms with Gasteiger partial charge in [0.25, 0.3) is 0 Å². The number of rotatable bonds is 7. The van der Waals surface area contributed by atoms with Gasteiger partial charge in [-0.2, -0.15) is 0 Å². The first-order valence-electron chi connectivity index (χ1n) is 6.61. The molecule has 3 atom stereocenters. The Bertz CT molecular complexity index is 204. The van der Waals surface area contributed by atoms with Crippen LogP contribution in [-0.2, 0) is 0 Å². The van der Waals surface area contributed by atoms with E-state index >= 15 is 0 Å². The van der Waals surface area contributed by atoms with Crippen LogP contribution in [0.25, 0.3) is 0 Å². The van der Waals surface area contributed by atoms with Crippen LogP contribution in [0.2, 0.25) is 0 Å². The fourth-order valence-corrected chi connectivity index (χ4v) is 2.70. The van der Waals surface area contributed by atoms with Crippen molar-refractivity contribution in [1.82, 2.24) is 5.32 Å². The van der Waals surface area contributed by atoms with Gasteiger partial charge in [-0.1, -0.05) is 19.3 Å². The second-order valence-corrected chi connectivity index (χ2v) is 5.90. The molecule has 0 radical (unpaired) electrons. The molecule has 3 nitrogen and oxygen atoms in total. The van der Waals surface area contributed by atoms with Crippen molar-refractivity contribution in [2.75, 3.05) is 6.54 Å². The van der Waals surface area contributed by atoms with Crippen LogP contribution in [0.1, 0.15) is 52.9 Å². The van der Waals surface area contributed by atoms with E-state index in [0.717, 1.165) is 12.3 Å². The van der Waals surface area contributed by atoms with Crippen LogP contribution in [-0.4, -0.2) is 29.3 Å². The molecule has 4 N–H and O–H groups in total. The van der Waals surface area contributed by atoms with Crippen molar-refractivity contribution in [3.63, 3.8) is 0 Å². The summed E-state index contributed by atoms with van der Waals surface area (Å²) in [6, 6.07) is 0.327. The molecule has 0 aromatic heterocycles. The number of aliphatic hydroxyl groups is 1. The highest BCUT2D eigenvalue weighted by Gasteiger charge is 2.30. The molecule has 0 amide bonds. The molecule has 1 rings (SSSR count). The lowest BCUT2D eigenvalue weighted by molar-refractivity contribution is 0.147. The van der Waals surface area contributed by atoms with Crippen molar-refractivity contribution >= 4 is 0 Å². The number of hydrogen-bond donors (Lipinski definition) is 3. The summed E-state index contributed by atoms with van der Waals surface area (Å²) in [5.74, 6) is 0.861. The highest BCUT2D eigenvalue weighted by molar-refractivity contribution is 4.91. The average molecular weight is 228 g/mol. The van der Waals surface area contributed by atoms with E-state index in [1.54, 1.807) is 0 Å². The van der Waals surface area contributed by atoms with Crippen molar-refractivity contribution < 1.29 is 5.11 Å². The predicted octanol–water partition coefficient (Wildman–Crippen LogP) is 1.64. The van der Waals surface area contributed by atoms with Gasteiger partial charge in [0.05, 0.1) is 6.10 Å². The van der Waals surface area contributed by atoms with Crippen molar-refractivity contribution in [1.29, 1.82) is 0 Å². The normalized spacial score (nSPS) is 24.6. The van der Waals surface area contributed by atoms with E-state index in [4.69, 9.17) is 5.73 Å². The zero-order valence-electron chi connectivity index (χ0n) is 11.0. The SMILES string of the molecule is CC(O)CC(C)NC(C)(CN)CC1CCC1. The van der Waals surface area contributed by atoms with Gasteiger partial charge < -0.3 is 16.2 Å². The zero-order valence-corrected chi connectivity index (χ0v) is 11.0. The zero-order chi connectivity index (χ0) is 12.2. The van der Waals surface area contributed by atoms with Gasteiger partial charge in [-0.3, -0.25) is 0 Å². The highest BCUT2D eigenvalue weighted by Crippen LogP contribution is 2.33. The van der Waals surface area contributed by atoms with E-state index in [2.05, 4.69) is 19.2 Å². The first kappa shape index (κ1) is 13.9. The summed E-state index contributed by atoms with van der Waals surface area (Å²) in [5.41, 5.74) is 5.93. The van der Waals surface area contributed by atoms with E-state index < -0.39 is 0 Å². The van der Waals surface area contributed by atoms with Gasteiger partial charge in [0.1, 0.15) is 0 Å². The molecular weight excluding hydrogens is 200 g/mol. The van der Waals surface area contributed by atoms with Crippen molar-refractivity contribution in [2.45, 2.75) is 70.6 Å². The standard InChI is InChI=1S/C13H28N2O/c1-10(7-11(2)16)15-13(3,9-14)8-12-5-4-6-12/h10-12,15-16H,4-9,14H2,1-3H3. The topological polar surface area (TPSA) is 58.3 Å². The molecule has 0 heterocycles. The summed E-state index contributed by atoms with van der Waals surface area (Å²) >= 11 is 0. The summed E-state index contributed by atoms with van der Waals surface area (Å²) in [5, 5.41) is 12.9. The minimum Gasteiger partial charge on any atom is -0.393 e. The molecule has 1 aliphatic rings. The molecular formula is C13H28N2O. The molecule has 3 heteroatoms. The maximum absolute atomic E-state index is 9.36. The fourth-order valence-electron chi connectivity index (χ4n) is 2.70. The van der Waals surface area contributed by atoms with Gasteiger partial charge in [-0.25, -0.2) is 0 Å². The van der Waals surface area contributed by atoms with Crippen LogP contribution in [0.5, 0.6) is 0 Å². The van der Waals surface area contributed by atoms with Gasteiger partial charge in [-0.15, -0.1) is 0 Å². The van der Waals surface area contributed by atoms with E-state index in [-0.39, 0.29) is 11.6 Å². The van der Waals surface area contributed by atoms with Crippen LogP contribution in [0.15, 0.2) is 0 Å². The monoisotopic (exact) mass is 228 g/mol. The summed E-state index contributed by atoms with van der Waals surface area (Å²) in [4.78, 5) is 0. The maximum atomic E-state index is 9.36. The molecule has 1 aliphatic carbocycles. The van der Waals surface area contributed by atoms with E-state index in [9.17, 15) is 5.11 Å². The Kier molecular flexibility index (Phi) is 5.22. The Hall–Kier alpha value is -0.120. The molecule has 0 aliphatic heterocycles. The third kappa shape index (κ3) is 4.40. The first-order chi connectivity index (χ1) is 7.45. The largest absolute Gasteiger partial charge is 0.393 e. The Morgan fingerprint density at radius 2 is 2.06 bits per heavy atom. The lowest BCUT2D eigenvalue weighted by Gasteiger charge is -2.39. The van der Waals surface area contributed by atoms with Crippen LogP contribution in [0.3, 0.4) is 0 Å². The molecule has 0 aromatic carbocycles. The summed E-state index contributed by atoms with van der Waals surface area (Å²) in [7, 11) is 0. The van der Waals surface area contributed by atoms with E-state index in [1.807, 2.05) is 6.92 Å². The number of nitrogens with two attached hydrogens (primary N) is 1. The number of aliphatic hydroxyl groups excluding tert-OH is 1. The minimum atomic E-state index is -0.242. The van der Waals surface area contributed by atoms with Crippen LogP contribution in [0.4, 0.5) is 0 Å². The quantitative estimate of drug-likeness (QED) is 0.621. The van der Waals surface area contributed by atoms with Gasteiger partial charge in [0.2, 0.25) is 0 Å². The average Bonchev–Trinajstić information content (AvgIpc) is 2.10. The summed E-state index contributed by atoms with van der Waals surface area (Å²) < 4.78 is 0. The smallest absolute Gasteiger partial charge is 0.0526 e. The van der Waals surface area contributed by atoms with Gasteiger partial charge in [0, 0.05) is 18.1 Å². The van der Waals surface area contributed by atoms with E-state index in [0.29, 0.717) is 12.6 Å². The fraction of sp³-hybridized carbons (Fsp3) is 1.00. The highest BCUT2D eigenvalue weighted by atomic mass is 16.3. The van der Waals surface area contributed by atoms with Gasteiger partial charge >= 0.3 is 0 Å². The molecule has 0 bridgehead atoms. The number of nitrogens with one attached hydrogen (secondary N) is 1. The Labute approximate surface area is 99.8 Å². The molecule has 0 spiro atoms. The molecule has 1 fully saturated rings. The predicted molar refractivity (Wildman–Crippen MR) is 68.3 cm³/mol. The summed E-state index contributed by atoms with van der Waals surface area (Å²) in [6.07, 6.45) is 5.83. The first-order valence-corrected chi connectivity index (χ1v) is 6.61. The molecule has 0 aromatic rings. The van der Waals surface area contributed by atoms with Crippen LogP contribution in [0, 0.1) is 5.92 Å². The third-order valence-corrected chi connectivity index (χ3v) is 3.70.